The molecule has 0 saturated carbocycles. The van der Waals surface area contributed by atoms with Crippen LogP contribution in [0.4, 0.5) is 0 Å². The van der Waals surface area contributed by atoms with Crippen molar-refractivity contribution in [3.8, 4) is 23.4 Å². The first-order chi connectivity index (χ1) is 13.4. The number of nitriles is 2. The summed E-state index contributed by atoms with van der Waals surface area (Å²) in [5.74, 6) is 0.0527. The minimum Gasteiger partial charge on any atom is -0.346 e. The van der Waals surface area contributed by atoms with Gasteiger partial charge in [0.05, 0.1) is 30.1 Å². The Morgan fingerprint density at radius 2 is 2.11 bits per heavy atom. The summed E-state index contributed by atoms with van der Waals surface area (Å²) in [6.45, 7) is 1.99. The zero-order valence-corrected chi connectivity index (χ0v) is 15.8. The molecule has 1 aliphatic rings. The largest absolute Gasteiger partial charge is 0.346 e. The minimum atomic E-state index is -3.31. The second kappa shape index (κ2) is 6.41. The highest BCUT2D eigenvalue weighted by Gasteiger charge is 2.49. The van der Waals surface area contributed by atoms with Crippen molar-refractivity contribution in [2.24, 2.45) is 0 Å². The van der Waals surface area contributed by atoms with Gasteiger partial charge in [0.1, 0.15) is 17.3 Å². The fourth-order valence-electron chi connectivity index (χ4n) is 3.39. The molecule has 28 heavy (non-hydrogen) atoms. The number of aromatic amines is 1. The zero-order chi connectivity index (χ0) is 19.9. The summed E-state index contributed by atoms with van der Waals surface area (Å²) < 4.78 is 27.2. The van der Waals surface area contributed by atoms with E-state index in [4.69, 9.17) is 0 Å². The number of nitrogens with zero attached hydrogens (tertiary/aromatic N) is 7. The van der Waals surface area contributed by atoms with E-state index in [1.54, 1.807) is 30.2 Å². The van der Waals surface area contributed by atoms with Crippen molar-refractivity contribution in [1.82, 2.24) is 29.0 Å². The molecule has 4 heterocycles. The molecule has 0 unspecified atom stereocenters. The normalized spacial score (nSPS) is 16.4. The van der Waals surface area contributed by atoms with E-state index in [0.717, 1.165) is 5.39 Å². The lowest BCUT2D eigenvalue weighted by Gasteiger charge is -2.47. The van der Waals surface area contributed by atoms with Gasteiger partial charge in [-0.25, -0.2) is 18.4 Å². The number of hydrogen-bond donors (Lipinski definition) is 1. The molecule has 4 rings (SSSR count). The first-order valence-electron chi connectivity index (χ1n) is 8.58. The molecule has 0 aliphatic carbocycles. The van der Waals surface area contributed by atoms with Gasteiger partial charge < -0.3 is 4.98 Å². The van der Waals surface area contributed by atoms with Gasteiger partial charge in [0.2, 0.25) is 15.8 Å². The van der Waals surface area contributed by atoms with Crippen LogP contribution in [-0.2, 0) is 15.6 Å². The van der Waals surface area contributed by atoms with Crippen LogP contribution < -0.4 is 0 Å². The fraction of sp³-hybridized carbons (Fsp3) is 0.353. The van der Waals surface area contributed by atoms with Gasteiger partial charge in [-0.1, -0.05) is 0 Å². The molecule has 1 saturated heterocycles. The Kier molecular flexibility index (Phi) is 4.14. The highest BCUT2D eigenvalue weighted by molar-refractivity contribution is 7.89. The summed E-state index contributed by atoms with van der Waals surface area (Å²) in [4.78, 5) is 11.4. The van der Waals surface area contributed by atoms with E-state index in [9.17, 15) is 18.9 Å². The smallest absolute Gasteiger partial charge is 0.234 e. The van der Waals surface area contributed by atoms with E-state index in [1.807, 2.05) is 12.1 Å². The molecule has 0 atom stereocenters. The van der Waals surface area contributed by atoms with Gasteiger partial charge in [-0.05, 0) is 13.0 Å². The third kappa shape index (κ3) is 2.72. The maximum Gasteiger partial charge on any atom is 0.234 e. The van der Waals surface area contributed by atoms with Crippen LogP contribution in [0.1, 0.15) is 19.2 Å². The van der Waals surface area contributed by atoms with Crippen molar-refractivity contribution < 1.29 is 8.42 Å². The maximum absolute atomic E-state index is 12.1. The molecule has 3 aromatic heterocycles. The molecule has 10 nitrogen and oxygen atoms in total. The highest BCUT2D eigenvalue weighted by atomic mass is 32.2. The average molecular weight is 396 g/mol. The lowest BCUT2D eigenvalue weighted by atomic mass is 9.89. The Labute approximate surface area is 161 Å². The van der Waals surface area contributed by atoms with Crippen molar-refractivity contribution in [3.05, 3.63) is 30.5 Å². The van der Waals surface area contributed by atoms with Crippen LogP contribution >= 0.6 is 0 Å². The third-order valence-electron chi connectivity index (χ3n) is 4.97. The SMILES string of the molecule is CCS(=O)(=O)N1CC(CC#N)(n2cc(-c3nc(C#N)nc4[nH]ccc34)cn2)C1. The number of fused-ring (bicyclic) bond motifs is 1. The van der Waals surface area contributed by atoms with Crippen LogP contribution in [0.2, 0.25) is 0 Å². The van der Waals surface area contributed by atoms with Gasteiger partial charge in [-0.2, -0.15) is 19.9 Å². The number of aromatic nitrogens is 5. The van der Waals surface area contributed by atoms with Crippen LogP contribution in [0.5, 0.6) is 0 Å². The Balaban J connectivity index is 1.73. The number of nitrogens with one attached hydrogen (secondary N) is 1. The molecule has 1 N–H and O–H groups in total. The Morgan fingerprint density at radius 3 is 2.79 bits per heavy atom. The zero-order valence-electron chi connectivity index (χ0n) is 15.0. The number of H-pyrrole nitrogens is 1. The molecule has 0 radical (unpaired) electrons. The summed E-state index contributed by atoms with van der Waals surface area (Å²) in [7, 11) is -3.31. The standard InChI is InChI=1S/C17H16N8O2S/c1-2-28(26,27)24-10-17(11-24,4-5-18)25-9-12(8-21-25)15-13-3-6-20-16(13)23-14(7-19)22-15/h3,6,8-9H,2,4,10-11H2,1H3,(H,20,22,23). The Morgan fingerprint density at radius 1 is 1.32 bits per heavy atom. The van der Waals surface area contributed by atoms with E-state index in [2.05, 4.69) is 26.1 Å². The van der Waals surface area contributed by atoms with Crippen LogP contribution in [-0.4, -0.2) is 56.3 Å². The molecule has 1 aliphatic heterocycles. The van der Waals surface area contributed by atoms with Gasteiger partial charge in [-0.3, -0.25) is 4.68 Å². The molecular formula is C17H16N8O2S. The lowest BCUT2D eigenvalue weighted by Crippen LogP contribution is -2.64. The molecule has 0 aromatic carbocycles. The molecule has 142 valence electrons. The maximum atomic E-state index is 12.1. The van der Waals surface area contributed by atoms with Crippen molar-refractivity contribution in [1.29, 1.82) is 10.5 Å². The lowest BCUT2D eigenvalue weighted by molar-refractivity contribution is 0.0719. The second-order valence-electron chi connectivity index (χ2n) is 6.65. The van der Waals surface area contributed by atoms with Crippen molar-refractivity contribution in [2.45, 2.75) is 18.9 Å². The molecule has 0 amide bonds. The van der Waals surface area contributed by atoms with E-state index < -0.39 is 15.6 Å². The van der Waals surface area contributed by atoms with Gasteiger partial charge >= 0.3 is 0 Å². The predicted octanol–water partition coefficient (Wildman–Crippen LogP) is 0.967. The van der Waals surface area contributed by atoms with Crippen LogP contribution in [0.25, 0.3) is 22.3 Å². The first-order valence-corrected chi connectivity index (χ1v) is 10.2. The van der Waals surface area contributed by atoms with E-state index in [1.165, 1.54) is 4.31 Å². The van der Waals surface area contributed by atoms with Crippen LogP contribution in [0, 0.1) is 22.7 Å². The molecular weight excluding hydrogens is 380 g/mol. The molecule has 0 spiro atoms. The van der Waals surface area contributed by atoms with E-state index in [0.29, 0.717) is 16.9 Å². The minimum absolute atomic E-state index is 0.0172. The average Bonchev–Trinajstić information content (AvgIpc) is 3.32. The highest BCUT2D eigenvalue weighted by Crippen LogP contribution is 2.35. The molecule has 0 bridgehead atoms. The fourth-order valence-corrected chi connectivity index (χ4v) is 4.63. The Hall–Kier alpha value is -3.28. The Bertz CT molecular complexity index is 1240. The van der Waals surface area contributed by atoms with Gasteiger partial charge in [0, 0.05) is 36.4 Å². The quantitative estimate of drug-likeness (QED) is 0.676. The third-order valence-corrected chi connectivity index (χ3v) is 6.74. The summed E-state index contributed by atoms with van der Waals surface area (Å²) in [5.41, 5.74) is 1.05. The van der Waals surface area contributed by atoms with E-state index >= 15 is 0 Å². The monoisotopic (exact) mass is 396 g/mol. The first kappa shape index (κ1) is 18.1. The van der Waals surface area contributed by atoms with Gasteiger partial charge in [-0.15, -0.1) is 0 Å². The topological polar surface area (TPSA) is 144 Å². The van der Waals surface area contributed by atoms with Crippen LogP contribution in [0.3, 0.4) is 0 Å². The molecule has 3 aromatic rings. The van der Waals surface area contributed by atoms with Crippen molar-refractivity contribution in [3.63, 3.8) is 0 Å². The van der Waals surface area contributed by atoms with Crippen molar-refractivity contribution in [2.75, 3.05) is 18.8 Å². The summed E-state index contributed by atoms with van der Waals surface area (Å²) >= 11 is 0. The van der Waals surface area contributed by atoms with Crippen LogP contribution in [0.15, 0.2) is 24.7 Å². The summed E-state index contributed by atoms with van der Waals surface area (Å²) in [6, 6.07) is 5.89. The number of hydrogen-bond acceptors (Lipinski definition) is 7. The molecule has 1 fully saturated rings. The van der Waals surface area contributed by atoms with E-state index in [-0.39, 0.29) is 31.1 Å². The van der Waals surface area contributed by atoms with Gasteiger partial charge in [0.25, 0.3) is 0 Å². The van der Waals surface area contributed by atoms with Gasteiger partial charge in [0.15, 0.2) is 0 Å². The summed E-state index contributed by atoms with van der Waals surface area (Å²) in [6.07, 6.45) is 5.19. The summed E-state index contributed by atoms with van der Waals surface area (Å²) in [5, 5.41) is 23.6. The predicted molar refractivity (Wildman–Crippen MR) is 99.1 cm³/mol. The van der Waals surface area contributed by atoms with Crippen molar-refractivity contribution >= 4 is 21.1 Å². The molecule has 11 heteroatoms. The number of sulfonamides is 1. The second-order valence-corrected chi connectivity index (χ2v) is 8.91. The number of rotatable bonds is 5.